The van der Waals surface area contributed by atoms with E-state index in [1.165, 1.54) is 0 Å². The lowest BCUT2D eigenvalue weighted by Crippen LogP contribution is -2.37. The number of anilines is 1. The summed E-state index contributed by atoms with van der Waals surface area (Å²) in [7, 11) is 2.04. The predicted molar refractivity (Wildman–Crippen MR) is 103 cm³/mol. The molecule has 0 saturated carbocycles. The first-order valence-electron chi connectivity index (χ1n) is 9.78. The fourth-order valence-electron chi connectivity index (χ4n) is 4.34. The number of hydrogen-bond donors (Lipinski definition) is 0. The summed E-state index contributed by atoms with van der Waals surface area (Å²) in [6, 6.07) is 4.16. The van der Waals surface area contributed by atoms with Crippen molar-refractivity contribution in [1.29, 1.82) is 0 Å². The highest BCUT2D eigenvalue weighted by molar-refractivity contribution is 6.08. The molecule has 0 spiro atoms. The number of carbonyl (C=O) groups is 1. The van der Waals surface area contributed by atoms with Crippen LogP contribution in [0.3, 0.4) is 0 Å². The molecular formula is C20H28N4O2. The van der Waals surface area contributed by atoms with Crippen LogP contribution in [0.25, 0.3) is 11.0 Å². The van der Waals surface area contributed by atoms with E-state index in [2.05, 4.69) is 28.5 Å². The van der Waals surface area contributed by atoms with Crippen molar-refractivity contribution in [2.24, 2.45) is 7.05 Å². The Kier molecular flexibility index (Phi) is 4.61. The standard InChI is InChI=1S/C20H28N4O2/c1-4-23-13-10-16-18(20(23)25)15-6-7-17(21-19(15)22(16)3)24-11-8-14(9-12-24)26-5-2/h6-7,14H,4-5,8-13H2,1-3H3. The van der Waals surface area contributed by atoms with Crippen molar-refractivity contribution in [3.63, 3.8) is 0 Å². The third-order valence-corrected chi connectivity index (χ3v) is 5.81. The van der Waals surface area contributed by atoms with Gasteiger partial charge in [-0.05, 0) is 38.8 Å². The first-order valence-corrected chi connectivity index (χ1v) is 9.78. The number of nitrogens with zero attached hydrogens (tertiary/aromatic N) is 4. The van der Waals surface area contributed by atoms with E-state index in [1.807, 2.05) is 18.9 Å². The number of pyridine rings is 1. The second-order valence-corrected chi connectivity index (χ2v) is 7.20. The molecule has 0 aromatic carbocycles. The Hall–Kier alpha value is -2.08. The lowest BCUT2D eigenvalue weighted by atomic mass is 10.0. The lowest BCUT2D eigenvalue weighted by molar-refractivity contribution is 0.0458. The van der Waals surface area contributed by atoms with Crippen molar-refractivity contribution >= 4 is 22.8 Å². The number of amides is 1. The average molecular weight is 356 g/mol. The maximum Gasteiger partial charge on any atom is 0.256 e. The highest BCUT2D eigenvalue weighted by atomic mass is 16.5. The topological polar surface area (TPSA) is 50.6 Å². The zero-order valence-corrected chi connectivity index (χ0v) is 16.0. The molecule has 26 heavy (non-hydrogen) atoms. The van der Waals surface area contributed by atoms with Gasteiger partial charge in [0.05, 0.1) is 11.7 Å². The summed E-state index contributed by atoms with van der Waals surface area (Å²) >= 11 is 0. The Morgan fingerprint density at radius 3 is 2.65 bits per heavy atom. The van der Waals surface area contributed by atoms with Crippen LogP contribution < -0.4 is 4.90 Å². The van der Waals surface area contributed by atoms with Crippen molar-refractivity contribution < 1.29 is 9.53 Å². The minimum absolute atomic E-state index is 0.145. The molecule has 140 valence electrons. The zero-order valence-electron chi connectivity index (χ0n) is 16.0. The SMILES string of the molecule is CCOC1CCN(c2ccc3c4c(n(C)c3n2)CCN(CC)C4=O)CC1. The van der Waals surface area contributed by atoms with E-state index in [0.717, 1.165) is 80.2 Å². The van der Waals surface area contributed by atoms with Crippen molar-refractivity contribution in [1.82, 2.24) is 14.5 Å². The second-order valence-electron chi connectivity index (χ2n) is 7.20. The monoisotopic (exact) mass is 356 g/mol. The van der Waals surface area contributed by atoms with Crippen LogP contribution in [0, 0.1) is 0 Å². The molecule has 2 aromatic heterocycles. The van der Waals surface area contributed by atoms with Crippen LogP contribution in [0.1, 0.15) is 42.7 Å². The van der Waals surface area contributed by atoms with E-state index in [4.69, 9.17) is 9.72 Å². The first kappa shape index (κ1) is 17.3. The van der Waals surface area contributed by atoms with Gasteiger partial charge in [-0.3, -0.25) is 4.79 Å². The smallest absolute Gasteiger partial charge is 0.256 e. The summed E-state index contributed by atoms with van der Waals surface area (Å²) in [5, 5.41) is 0.985. The van der Waals surface area contributed by atoms with E-state index in [9.17, 15) is 4.79 Å². The first-order chi connectivity index (χ1) is 12.6. The van der Waals surface area contributed by atoms with Gasteiger partial charge in [0.2, 0.25) is 0 Å². The van der Waals surface area contributed by atoms with Gasteiger partial charge in [-0.15, -0.1) is 0 Å². The van der Waals surface area contributed by atoms with Crippen molar-refractivity contribution in [3.05, 3.63) is 23.4 Å². The molecule has 1 amide bonds. The van der Waals surface area contributed by atoms with Crippen LogP contribution >= 0.6 is 0 Å². The number of hydrogen-bond acceptors (Lipinski definition) is 4. The van der Waals surface area contributed by atoms with Crippen LogP contribution in [-0.2, 0) is 18.2 Å². The maximum atomic E-state index is 12.8. The lowest BCUT2D eigenvalue weighted by Gasteiger charge is -2.32. The summed E-state index contributed by atoms with van der Waals surface area (Å²) in [6.45, 7) is 8.37. The molecule has 2 aliphatic heterocycles. The average Bonchev–Trinajstić information content (AvgIpc) is 2.96. The number of carbonyl (C=O) groups excluding carboxylic acids is 1. The molecule has 0 aliphatic carbocycles. The van der Waals surface area contributed by atoms with E-state index in [1.54, 1.807) is 0 Å². The number of aromatic nitrogens is 2. The Morgan fingerprint density at radius 1 is 1.19 bits per heavy atom. The van der Waals surface area contributed by atoms with Gasteiger partial charge in [-0.25, -0.2) is 4.98 Å². The van der Waals surface area contributed by atoms with Crippen LogP contribution in [0.15, 0.2) is 12.1 Å². The van der Waals surface area contributed by atoms with Crippen molar-refractivity contribution in [2.45, 2.75) is 39.2 Å². The Bertz CT molecular complexity index is 821. The van der Waals surface area contributed by atoms with Gasteiger partial charge >= 0.3 is 0 Å². The molecule has 6 nitrogen and oxygen atoms in total. The van der Waals surface area contributed by atoms with E-state index in [0.29, 0.717) is 6.10 Å². The molecule has 1 fully saturated rings. The molecule has 0 radical (unpaired) electrons. The number of ether oxygens (including phenoxy) is 1. The predicted octanol–water partition coefficient (Wildman–Crippen LogP) is 2.60. The molecule has 1 saturated heterocycles. The summed E-state index contributed by atoms with van der Waals surface area (Å²) in [5.74, 6) is 1.15. The quantitative estimate of drug-likeness (QED) is 0.845. The Morgan fingerprint density at radius 2 is 1.96 bits per heavy atom. The molecule has 0 N–H and O–H groups in total. The second kappa shape index (κ2) is 6.91. The maximum absolute atomic E-state index is 12.8. The molecule has 0 unspecified atom stereocenters. The van der Waals surface area contributed by atoms with Crippen LogP contribution in [0.2, 0.25) is 0 Å². The summed E-state index contributed by atoms with van der Waals surface area (Å²) < 4.78 is 7.87. The highest BCUT2D eigenvalue weighted by Crippen LogP contribution is 2.31. The third kappa shape index (κ3) is 2.76. The summed E-state index contributed by atoms with van der Waals surface area (Å²) in [6.07, 6.45) is 3.36. The molecule has 6 heteroatoms. The van der Waals surface area contributed by atoms with Gasteiger partial charge in [0.1, 0.15) is 11.5 Å². The Balaban J connectivity index is 1.65. The van der Waals surface area contributed by atoms with Gasteiger partial charge in [0.25, 0.3) is 5.91 Å². The van der Waals surface area contributed by atoms with Gasteiger partial charge in [-0.1, -0.05) is 0 Å². The number of aryl methyl sites for hydroxylation is 1. The Labute approximate surface area is 154 Å². The minimum Gasteiger partial charge on any atom is -0.378 e. The van der Waals surface area contributed by atoms with Crippen LogP contribution in [-0.4, -0.2) is 59.2 Å². The molecule has 4 heterocycles. The normalized spacial score (nSPS) is 18.7. The molecular weight excluding hydrogens is 328 g/mol. The molecule has 0 bridgehead atoms. The van der Waals surface area contributed by atoms with Crippen LogP contribution in [0.4, 0.5) is 5.82 Å². The number of piperidine rings is 1. The summed E-state index contributed by atoms with van der Waals surface area (Å²) in [5.41, 5.74) is 2.89. The number of likely N-dealkylation sites (N-methyl/N-ethyl adjacent to an activating group) is 1. The van der Waals surface area contributed by atoms with Gasteiger partial charge < -0.3 is 19.1 Å². The molecule has 0 atom stereocenters. The fraction of sp³-hybridized carbons (Fsp3) is 0.600. The van der Waals surface area contributed by atoms with E-state index in [-0.39, 0.29) is 5.91 Å². The van der Waals surface area contributed by atoms with Crippen molar-refractivity contribution in [2.75, 3.05) is 37.7 Å². The minimum atomic E-state index is 0.145. The molecule has 4 rings (SSSR count). The number of rotatable bonds is 4. The van der Waals surface area contributed by atoms with Gasteiger partial charge in [-0.2, -0.15) is 0 Å². The van der Waals surface area contributed by atoms with E-state index < -0.39 is 0 Å². The third-order valence-electron chi connectivity index (χ3n) is 5.81. The van der Waals surface area contributed by atoms with Gasteiger partial charge in [0.15, 0.2) is 0 Å². The van der Waals surface area contributed by atoms with Gasteiger partial charge in [0, 0.05) is 57.3 Å². The zero-order chi connectivity index (χ0) is 18.3. The largest absolute Gasteiger partial charge is 0.378 e. The van der Waals surface area contributed by atoms with Crippen molar-refractivity contribution in [3.8, 4) is 0 Å². The number of fused-ring (bicyclic) bond motifs is 3. The van der Waals surface area contributed by atoms with E-state index >= 15 is 0 Å². The summed E-state index contributed by atoms with van der Waals surface area (Å²) in [4.78, 5) is 22.0. The molecule has 2 aliphatic rings. The fourth-order valence-corrected chi connectivity index (χ4v) is 4.34. The highest BCUT2D eigenvalue weighted by Gasteiger charge is 2.30. The van der Waals surface area contributed by atoms with Crippen LogP contribution in [0.5, 0.6) is 0 Å². The molecule has 2 aromatic rings.